The summed E-state index contributed by atoms with van der Waals surface area (Å²) in [4.78, 5) is 13.1. The van der Waals surface area contributed by atoms with E-state index in [0.29, 0.717) is 5.75 Å². The number of rotatable bonds is 6. The number of benzene rings is 2. The lowest BCUT2D eigenvalue weighted by Gasteiger charge is -2.14. The van der Waals surface area contributed by atoms with Gasteiger partial charge >= 0.3 is 0 Å². The van der Waals surface area contributed by atoms with Gasteiger partial charge in [-0.1, -0.05) is 49.7 Å². The molecule has 1 N–H and O–H groups in total. The molecule has 4 heteroatoms. The Morgan fingerprint density at radius 1 is 1.19 bits per heavy atom. The van der Waals surface area contributed by atoms with Gasteiger partial charge in [-0.25, -0.2) is 0 Å². The van der Waals surface area contributed by atoms with E-state index in [9.17, 15) is 4.79 Å². The van der Waals surface area contributed by atoms with Crippen molar-refractivity contribution in [2.45, 2.75) is 37.6 Å². The Kier molecular flexibility index (Phi) is 5.95. The summed E-state index contributed by atoms with van der Waals surface area (Å²) in [6, 6.07) is 12.2. The van der Waals surface area contributed by atoms with E-state index in [1.54, 1.807) is 0 Å². The Hall–Kier alpha value is -1.19. The second-order valence-electron chi connectivity index (χ2n) is 4.96. The lowest BCUT2D eigenvalue weighted by molar-refractivity contribution is -0.119. The number of amides is 1. The third-order valence-corrected chi connectivity index (χ3v) is 4.90. The van der Waals surface area contributed by atoms with Crippen molar-refractivity contribution < 1.29 is 4.79 Å². The molecule has 0 unspecified atom stereocenters. The second kappa shape index (κ2) is 7.71. The van der Waals surface area contributed by atoms with Crippen LogP contribution >= 0.6 is 23.4 Å². The number of carbonyl (C=O) groups excluding carboxylic acids is 1. The van der Waals surface area contributed by atoms with Gasteiger partial charge < -0.3 is 5.32 Å². The van der Waals surface area contributed by atoms with E-state index < -0.39 is 0 Å². The predicted octanol–water partition coefficient (Wildman–Crippen LogP) is 4.89. The molecule has 0 saturated carbocycles. The first kappa shape index (κ1) is 16.2. The maximum Gasteiger partial charge on any atom is 0.230 e. The van der Waals surface area contributed by atoms with Gasteiger partial charge in [0.1, 0.15) is 0 Å². The molecule has 0 saturated heterocycles. The third kappa shape index (κ3) is 4.14. The summed E-state index contributed by atoms with van der Waals surface area (Å²) in [6.07, 6.45) is 1.93. The summed E-state index contributed by atoms with van der Waals surface area (Å²) in [5, 5.41) is 5.92. The van der Waals surface area contributed by atoms with Crippen LogP contribution in [-0.4, -0.2) is 17.7 Å². The maximum absolute atomic E-state index is 12.0. The summed E-state index contributed by atoms with van der Waals surface area (Å²) in [7, 11) is 0. The summed E-state index contributed by atoms with van der Waals surface area (Å²) in [5.41, 5.74) is 0. The average Bonchev–Trinajstić information content (AvgIpc) is 2.50. The highest BCUT2D eigenvalue weighted by atomic mass is 35.5. The van der Waals surface area contributed by atoms with Gasteiger partial charge in [0.2, 0.25) is 5.91 Å². The minimum absolute atomic E-state index is 0.0813. The Morgan fingerprint density at radius 2 is 1.86 bits per heavy atom. The zero-order valence-corrected chi connectivity index (χ0v) is 13.9. The molecule has 0 fully saturated rings. The molecule has 2 rings (SSSR count). The summed E-state index contributed by atoms with van der Waals surface area (Å²) >= 11 is 7.83. The SMILES string of the molecule is CCC(CC)NC(=O)CSc1cccc2cccc(Cl)c12. The lowest BCUT2D eigenvalue weighted by atomic mass is 10.1. The van der Waals surface area contributed by atoms with E-state index in [0.717, 1.165) is 33.5 Å². The van der Waals surface area contributed by atoms with Crippen molar-refractivity contribution in [1.82, 2.24) is 5.32 Å². The van der Waals surface area contributed by atoms with Crippen molar-refractivity contribution in [2.24, 2.45) is 0 Å². The van der Waals surface area contributed by atoms with Crippen LogP contribution in [0.5, 0.6) is 0 Å². The van der Waals surface area contributed by atoms with Crippen molar-refractivity contribution in [1.29, 1.82) is 0 Å². The molecule has 0 atom stereocenters. The second-order valence-corrected chi connectivity index (χ2v) is 6.39. The van der Waals surface area contributed by atoms with E-state index in [4.69, 9.17) is 11.6 Å². The van der Waals surface area contributed by atoms with Gasteiger partial charge in [-0.05, 0) is 30.4 Å². The van der Waals surface area contributed by atoms with E-state index in [2.05, 4.69) is 19.2 Å². The minimum Gasteiger partial charge on any atom is -0.353 e. The number of hydrogen-bond donors (Lipinski definition) is 1. The van der Waals surface area contributed by atoms with Gasteiger partial charge in [0.05, 0.1) is 5.75 Å². The molecule has 1 amide bonds. The van der Waals surface area contributed by atoms with E-state index in [-0.39, 0.29) is 11.9 Å². The number of halogens is 1. The quantitative estimate of drug-likeness (QED) is 0.767. The van der Waals surface area contributed by atoms with Crippen molar-refractivity contribution >= 4 is 40.0 Å². The molecule has 0 spiro atoms. The number of thioether (sulfide) groups is 1. The highest BCUT2D eigenvalue weighted by molar-refractivity contribution is 8.00. The van der Waals surface area contributed by atoms with Crippen LogP contribution < -0.4 is 5.32 Å². The summed E-state index contributed by atoms with van der Waals surface area (Å²) < 4.78 is 0. The fourth-order valence-electron chi connectivity index (χ4n) is 2.29. The minimum atomic E-state index is 0.0813. The van der Waals surface area contributed by atoms with Crippen LogP contribution in [0.4, 0.5) is 0 Å². The number of nitrogens with one attached hydrogen (secondary N) is 1. The van der Waals surface area contributed by atoms with Crippen LogP contribution in [0.2, 0.25) is 5.02 Å². The first-order valence-electron chi connectivity index (χ1n) is 7.25. The lowest BCUT2D eigenvalue weighted by Crippen LogP contribution is -2.34. The first-order chi connectivity index (χ1) is 10.2. The summed E-state index contributed by atoms with van der Waals surface area (Å²) in [6.45, 7) is 4.18. The smallest absolute Gasteiger partial charge is 0.230 e. The predicted molar refractivity (Wildman–Crippen MR) is 92.2 cm³/mol. The topological polar surface area (TPSA) is 29.1 Å². The average molecular weight is 322 g/mol. The zero-order valence-electron chi connectivity index (χ0n) is 12.4. The van der Waals surface area contributed by atoms with E-state index in [1.165, 1.54) is 11.8 Å². The molecule has 2 nitrogen and oxygen atoms in total. The molecule has 0 aliphatic heterocycles. The molecule has 2 aromatic carbocycles. The molecular weight excluding hydrogens is 302 g/mol. The molecule has 0 aliphatic carbocycles. The summed E-state index contributed by atoms with van der Waals surface area (Å²) in [5.74, 6) is 0.499. The third-order valence-electron chi connectivity index (χ3n) is 3.53. The molecule has 0 radical (unpaired) electrons. The number of fused-ring (bicyclic) bond motifs is 1. The number of hydrogen-bond acceptors (Lipinski definition) is 2. The standard InChI is InChI=1S/C17H20ClNOS/c1-3-13(4-2)19-16(20)11-21-15-10-6-8-12-7-5-9-14(18)17(12)15/h5-10,13H,3-4,11H2,1-2H3,(H,19,20). The largest absolute Gasteiger partial charge is 0.353 e. The molecule has 21 heavy (non-hydrogen) atoms. The van der Waals surface area contributed by atoms with Crippen LogP contribution in [-0.2, 0) is 4.79 Å². The van der Waals surface area contributed by atoms with Gasteiger partial charge in [0, 0.05) is 21.3 Å². The molecular formula is C17H20ClNOS. The Labute approximate surface area is 135 Å². The van der Waals surface area contributed by atoms with Gasteiger partial charge in [-0.2, -0.15) is 0 Å². The molecule has 0 aliphatic rings. The van der Waals surface area contributed by atoms with Gasteiger partial charge in [-0.15, -0.1) is 11.8 Å². The van der Waals surface area contributed by atoms with Crippen molar-refractivity contribution in [2.75, 3.05) is 5.75 Å². The van der Waals surface area contributed by atoms with Crippen LogP contribution in [0.25, 0.3) is 10.8 Å². The van der Waals surface area contributed by atoms with E-state index in [1.807, 2.05) is 36.4 Å². The molecule has 0 heterocycles. The highest BCUT2D eigenvalue weighted by Gasteiger charge is 2.11. The molecule has 112 valence electrons. The normalized spacial score (nSPS) is 11.0. The molecule has 0 bridgehead atoms. The van der Waals surface area contributed by atoms with Crippen LogP contribution in [0.15, 0.2) is 41.3 Å². The molecule has 0 aromatic heterocycles. The van der Waals surface area contributed by atoms with Crippen LogP contribution in [0.1, 0.15) is 26.7 Å². The highest BCUT2D eigenvalue weighted by Crippen LogP contribution is 2.33. The van der Waals surface area contributed by atoms with Crippen molar-refractivity contribution in [3.8, 4) is 0 Å². The fraction of sp³-hybridized carbons (Fsp3) is 0.353. The van der Waals surface area contributed by atoms with E-state index >= 15 is 0 Å². The fourth-order valence-corrected chi connectivity index (χ4v) is 3.54. The van der Waals surface area contributed by atoms with Crippen molar-refractivity contribution in [3.05, 3.63) is 41.4 Å². The van der Waals surface area contributed by atoms with Gasteiger partial charge in [-0.3, -0.25) is 4.79 Å². The number of carbonyl (C=O) groups is 1. The Morgan fingerprint density at radius 3 is 2.52 bits per heavy atom. The Bertz CT molecular complexity index is 620. The van der Waals surface area contributed by atoms with Crippen molar-refractivity contribution in [3.63, 3.8) is 0 Å². The monoisotopic (exact) mass is 321 g/mol. The van der Waals surface area contributed by atoms with Crippen LogP contribution in [0, 0.1) is 0 Å². The van der Waals surface area contributed by atoms with Gasteiger partial charge in [0.15, 0.2) is 0 Å². The van der Waals surface area contributed by atoms with Gasteiger partial charge in [0.25, 0.3) is 0 Å². The molecule has 2 aromatic rings. The van der Waals surface area contributed by atoms with Crippen LogP contribution in [0.3, 0.4) is 0 Å². The maximum atomic E-state index is 12.0. The first-order valence-corrected chi connectivity index (χ1v) is 8.61. The Balaban J connectivity index is 2.09. The zero-order chi connectivity index (χ0) is 15.2.